The zero-order chi connectivity index (χ0) is 22.7. The lowest BCUT2D eigenvalue weighted by molar-refractivity contribution is 0.0939. The van der Waals surface area contributed by atoms with Gasteiger partial charge in [0.1, 0.15) is 13.2 Å². The van der Waals surface area contributed by atoms with Crippen molar-refractivity contribution in [3.8, 4) is 11.5 Å². The minimum atomic E-state index is -3.79. The lowest BCUT2D eigenvalue weighted by atomic mass is 10.1. The Hall–Kier alpha value is -3.23. The van der Waals surface area contributed by atoms with Crippen LogP contribution in [0.4, 0.5) is 5.69 Å². The zero-order valence-electron chi connectivity index (χ0n) is 17.2. The van der Waals surface area contributed by atoms with E-state index < -0.39 is 10.0 Å². The molecule has 32 heavy (non-hydrogen) atoms. The molecule has 166 valence electrons. The van der Waals surface area contributed by atoms with Crippen LogP contribution in [0.2, 0.25) is 5.02 Å². The van der Waals surface area contributed by atoms with E-state index in [0.29, 0.717) is 41.0 Å². The number of fused-ring (bicyclic) bond motifs is 1. The summed E-state index contributed by atoms with van der Waals surface area (Å²) >= 11 is 5.83. The number of carbonyl (C=O) groups excluding carboxylic acids is 1. The zero-order valence-corrected chi connectivity index (χ0v) is 18.7. The molecule has 1 amide bonds. The minimum Gasteiger partial charge on any atom is -0.486 e. The molecular weight excluding hydrogens is 452 g/mol. The van der Waals surface area contributed by atoms with Crippen molar-refractivity contribution < 1.29 is 22.7 Å². The van der Waals surface area contributed by atoms with Crippen LogP contribution in [0.1, 0.15) is 28.9 Å². The Morgan fingerprint density at radius 2 is 1.59 bits per heavy atom. The Balaban J connectivity index is 1.43. The molecule has 3 aromatic rings. The number of benzene rings is 3. The summed E-state index contributed by atoms with van der Waals surface area (Å²) < 4.78 is 38.7. The summed E-state index contributed by atoms with van der Waals surface area (Å²) in [5.41, 5.74) is 1.61. The van der Waals surface area contributed by atoms with Crippen LogP contribution >= 0.6 is 11.6 Å². The minimum absolute atomic E-state index is 0.0453. The van der Waals surface area contributed by atoms with Gasteiger partial charge in [-0.2, -0.15) is 0 Å². The maximum absolute atomic E-state index is 12.7. The van der Waals surface area contributed by atoms with Gasteiger partial charge in [0.2, 0.25) is 0 Å². The van der Waals surface area contributed by atoms with E-state index in [1.807, 2.05) is 25.1 Å². The maximum Gasteiger partial charge on any atom is 0.261 e. The van der Waals surface area contributed by atoms with Crippen molar-refractivity contribution in [2.24, 2.45) is 0 Å². The molecule has 0 saturated heterocycles. The van der Waals surface area contributed by atoms with Gasteiger partial charge in [0, 0.05) is 16.3 Å². The van der Waals surface area contributed by atoms with E-state index >= 15 is 0 Å². The first-order chi connectivity index (χ1) is 15.3. The first kappa shape index (κ1) is 22.0. The second-order valence-electron chi connectivity index (χ2n) is 7.24. The number of nitrogens with one attached hydrogen (secondary N) is 2. The third-order valence-electron chi connectivity index (χ3n) is 4.94. The third kappa shape index (κ3) is 4.98. The molecule has 3 aromatic carbocycles. The Kier molecular flexibility index (Phi) is 6.25. The van der Waals surface area contributed by atoms with E-state index in [0.717, 1.165) is 5.56 Å². The number of amides is 1. The summed E-state index contributed by atoms with van der Waals surface area (Å²) in [5.74, 6) is 1.02. The van der Waals surface area contributed by atoms with Crippen molar-refractivity contribution in [3.63, 3.8) is 0 Å². The average molecular weight is 473 g/mol. The van der Waals surface area contributed by atoms with Crippen LogP contribution in [0.15, 0.2) is 71.6 Å². The highest BCUT2D eigenvalue weighted by atomic mass is 35.5. The van der Waals surface area contributed by atoms with Crippen LogP contribution in [0, 0.1) is 0 Å². The van der Waals surface area contributed by atoms with Crippen LogP contribution in [0.3, 0.4) is 0 Å². The van der Waals surface area contributed by atoms with Gasteiger partial charge in [-0.25, -0.2) is 8.42 Å². The number of anilines is 1. The summed E-state index contributed by atoms with van der Waals surface area (Å²) in [6.45, 7) is 2.86. The fraction of sp³-hybridized carbons (Fsp3) is 0.174. The van der Waals surface area contributed by atoms with Gasteiger partial charge in [-0.1, -0.05) is 17.7 Å². The lowest BCUT2D eigenvalue weighted by Gasteiger charge is -2.21. The molecule has 0 saturated carbocycles. The smallest absolute Gasteiger partial charge is 0.261 e. The second-order valence-corrected chi connectivity index (χ2v) is 9.35. The molecule has 1 aliphatic rings. The average Bonchev–Trinajstić information content (AvgIpc) is 2.80. The van der Waals surface area contributed by atoms with Gasteiger partial charge in [0.25, 0.3) is 15.9 Å². The molecule has 0 fully saturated rings. The van der Waals surface area contributed by atoms with E-state index in [4.69, 9.17) is 21.1 Å². The van der Waals surface area contributed by atoms with E-state index in [1.165, 1.54) is 24.3 Å². The van der Waals surface area contributed by atoms with Crippen molar-refractivity contribution in [2.75, 3.05) is 17.9 Å². The molecule has 0 radical (unpaired) electrons. The standard InChI is InChI=1S/C23H21ClN2O5S/c1-15(17-4-11-21-22(14-17)31-13-12-30-21)25-23(27)16-2-9-20(10-3-16)32(28,29)26-19-7-5-18(24)6-8-19/h2-11,14-15,26H,12-13H2,1H3,(H,25,27)/t15-/m0/s1. The molecule has 1 heterocycles. The number of sulfonamides is 1. The highest BCUT2D eigenvalue weighted by molar-refractivity contribution is 7.92. The first-order valence-corrected chi connectivity index (χ1v) is 11.8. The molecule has 0 spiro atoms. The molecule has 7 nitrogen and oxygen atoms in total. The second kappa shape index (κ2) is 9.10. The number of hydrogen-bond donors (Lipinski definition) is 2. The van der Waals surface area contributed by atoms with E-state index in [-0.39, 0.29) is 16.8 Å². The van der Waals surface area contributed by atoms with Gasteiger partial charge in [0.15, 0.2) is 11.5 Å². The number of carbonyl (C=O) groups is 1. The fourth-order valence-electron chi connectivity index (χ4n) is 3.21. The van der Waals surface area contributed by atoms with Gasteiger partial charge >= 0.3 is 0 Å². The molecule has 4 rings (SSSR count). The van der Waals surface area contributed by atoms with Gasteiger partial charge < -0.3 is 14.8 Å². The number of rotatable bonds is 6. The van der Waals surface area contributed by atoms with Crippen LogP contribution in [0.5, 0.6) is 11.5 Å². The molecule has 2 N–H and O–H groups in total. The number of hydrogen-bond acceptors (Lipinski definition) is 5. The van der Waals surface area contributed by atoms with E-state index in [1.54, 1.807) is 24.3 Å². The van der Waals surface area contributed by atoms with E-state index in [9.17, 15) is 13.2 Å². The van der Waals surface area contributed by atoms with Crippen molar-refractivity contribution in [2.45, 2.75) is 17.9 Å². The quantitative estimate of drug-likeness (QED) is 0.554. The van der Waals surface area contributed by atoms with Gasteiger partial charge in [-0.3, -0.25) is 9.52 Å². The Labute approximate surface area is 191 Å². The Morgan fingerprint density at radius 1 is 0.938 bits per heavy atom. The van der Waals surface area contributed by atoms with E-state index in [2.05, 4.69) is 10.0 Å². The highest BCUT2D eigenvalue weighted by Gasteiger charge is 2.18. The summed E-state index contributed by atoms with van der Waals surface area (Å²) in [6, 6.07) is 17.3. The van der Waals surface area contributed by atoms with Crippen molar-refractivity contribution in [1.29, 1.82) is 0 Å². The fourth-order valence-corrected chi connectivity index (χ4v) is 4.39. The maximum atomic E-state index is 12.7. The lowest BCUT2D eigenvalue weighted by Crippen LogP contribution is -2.27. The molecule has 1 aliphatic heterocycles. The molecule has 1 atom stereocenters. The van der Waals surface area contributed by atoms with Crippen molar-refractivity contribution in [1.82, 2.24) is 5.32 Å². The van der Waals surface area contributed by atoms with Crippen LogP contribution in [-0.2, 0) is 10.0 Å². The predicted octanol–water partition coefficient (Wildman–Crippen LogP) is 4.40. The summed E-state index contributed by atoms with van der Waals surface area (Å²) in [5, 5.41) is 3.42. The molecular formula is C23H21ClN2O5S. The highest BCUT2D eigenvalue weighted by Crippen LogP contribution is 2.32. The summed E-state index contributed by atoms with van der Waals surface area (Å²) in [4.78, 5) is 12.7. The molecule has 0 aliphatic carbocycles. The summed E-state index contributed by atoms with van der Waals surface area (Å²) in [6.07, 6.45) is 0. The van der Waals surface area contributed by atoms with Gasteiger partial charge in [-0.15, -0.1) is 0 Å². The monoisotopic (exact) mass is 472 g/mol. The van der Waals surface area contributed by atoms with Gasteiger partial charge in [-0.05, 0) is 73.2 Å². The normalized spacial score (nSPS) is 13.8. The molecule has 0 unspecified atom stereocenters. The van der Waals surface area contributed by atoms with Crippen molar-refractivity contribution >= 4 is 33.2 Å². The number of halogens is 1. The number of ether oxygens (including phenoxy) is 2. The summed E-state index contributed by atoms with van der Waals surface area (Å²) in [7, 11) is -3.79. The molecule has 9 heteroatoms. The van der Waals surface area contributed by atoms with Crippen LogP contribution < -0.4 is 19.5 Å². The van der Waals surface area contributed by atoms with Crippen LogP contribution in [0.25, 0.3) is 0 Å². The van der Waals surface area contributed by atoms with Crippen molar-refractivity contribution in [3.05, 3.63) is 82.9 Å². The van der Waals surface area contributed by atoms with Gasteiger partial charge in [0.05, 0.1) is 10.9 Å². The molecule has 0 aromatic heterocycles. The SMILES string of the molecule is C[C@H](NC(=O)c1ccc(S(=O)(=O)Nc2ccc(Cl)cc2)cc1)c1ccc2c(c1)OCCO2. The topological polar surface area (TPSA) is 93.7 Å². The third-order valence-corrected chi connectivity index (χ3v) is 6.59. The largest absolute Gasteiger partial charge is 0.486 e. The Morgan fingerprint density at radius 3 is 2.28 bits per heavy atom. The molecule has 0 bridgehead atoms. The Bertz CT molecular complexity index is 1230. The predicted molar refractivity (Wildman–Crippen MR) is 122 cm³/mol. The van der Waals surface area contributed by atoms with Crippen LogP contribution in [-0.4, -0.2) is 27.5 Å². The first-order valence-electron chi connectivity index (χ1n) is 9.91.